The normalized spacial score (nSPS) is 11.5. The zero-order chi connectivity index (χ0) is 37.7. The summed E-state index contributed by atoms with van der Waals surface area (Å²) in [6, 6.07) is 66.3. The van der Waals surface area contributed by atoms with Crippen LogP contribution in [-0.4, -0.2) is 19.9 Å². The van der Waals surface area contributed by atoms with Crippen molar-refractivity contribution in [2.45, 2.75) is 0 Å². The highest BCUT2D eigenvalue weighted by Gasteiger charge is 2.15. The first kappa shape index (κ1) is 33.0. The Hall–Kier alpha value is -7.34. The second-order valence-corrected chi connectivity index (χ2v) is 15.4. The minimum atomic E-state index is 0.682. The van der Waals surface area contributed by atoms with Crippen LogP contribution in [0.4, 0.5) is 0 Å². The van der Waals surface area contributed by atoms with Crippen molar-refractivity contribution in [1.29, 1.82) is 0 Å². The van der Waals surface area contributed by atoms with E-state index in [1.54, 1.807) is 0 Å². The number of hydrogen-bond acceptors (Lipinski definition) is 5. The molecule has 266 valence electrons. The summed E-state index contributed by atoms with van der Waals surface area (Å²) in [5.41, 5.74) is 13.1. The number of fused-ring (bicyclic) bond motifs is 6. The first-order valence-electron chi connectivity index (χ1n) is 19.0. The van der Waals surface area contributed by atoms with E-state index in [4.69, 9.17) is 15.0 Å². The summed E-state index contributed by atoms with van der Waals surface area (Å²) in [7, 11) is 0. The molecule has 0 fully saturated rings. The zero-order valence-corrected chi connectivity index (χ0v) is 31.5. The van der Waals surface area contributed by atoms with Crippen LogP contribution in [0.15, 0.2) is 194 Å². The number of hydrogen-bond donors (Lipinski definition) is 0. The molecule has 57 heavy (non-hydrogen) atoms. The molecule has 11 rings (SSSR count). The van der Waals surface area contributed by atoms with Gasteiger partial charge in [0.25, 0.3) is 0 Å². The van der Waals surface area contributed by atoms with Gasteiger partial charge < -0.3 is 0 Å². The van der Waals surface area contributed by atoms with Crippen LogP contribution >= 0.6 is 11.3 Å². The van der Waals surface area contributed by atoms with Crippen molar-refractivity contribution < 1.29 is 0 Å². The Morgan fingerprint density at radius 3 is 1.70 bits per heavy atom. The van der Waals surface area contributed by atoms with Crippen LogP contribution < -0.4 is 0 Å². The van der Waals surface area contributed by atoms with E-state index in [1.807, 2.05) is 41.8 Å². The molecular formula is C52H32N4S. The van der Waals surface area contributed by atoms with E-state index < -0.39 is 0 Å². The van der Waals surface area contributed by atoms with Gasteiger partial charge in [-0.2, -0.15) is 0 Å². The van der Waals surface area contributed by atoms with E-state index in [1.165, 1.54) is 25.7 Å². The predicted octanol–water partition coefficient (Wildman–Crippen LogP) is 13.9. The number of aromatic nitrogens is 4. The van der Waals surface area contributed by atoms with Crippen molar-refractivity contribution in [3.8, 4) is 67.4 Å². The summed E-state index contributed by atoms with van der Waals surface area (Å²) < 4.78 is 2.58. The molecule has 0 atom stereocenters. The molecule has 0 spiro atoms. The molecular weight excluding hydrogens is 713 g/mol. The molecule has 0 aliphatic heterocycles. The Labute approximate surface area is 333 Å². The SMILES string of the molecule is c1ccc(-c2cc(-c3ccc4c(c3)sc3ccccc34)cc(-c3cc(-c4ccc(-c5ccc6ccc7cccnc7c6n5)cc4)nc(-c4ccccc4)n3)c2)cc1. The monoisotopic (exact) mass is 744 g/mol. The Balaban J connectivity index is 1.04. The van der Waals surface area contributed by atoms with Gasteiger partial charge in [-0.25, -0.2) is 15.0 Å². The maximum Gasteiger partial charge on any atom is 0.160 e. The van der Waals surface area contributed by atoms with Crippen molar-refractivity contribution in [3.63, 3.8) is 0 Å². The third-order valence-electron chi connectivity index (χ3n) is 10.7. The van der Waals surface area contributed by atoms with Crippen molar-refractivity contribution in [3.05, 3.63) is 194 Å². The lowest BCUT2D eigenvalue weighted by atomic mass is 9.94. The zero-order valence-electron chi connectivity index (χ0n) is 30.7. The third-order valence-corrected chi connectivity index (χ3v) is 11.8. The van der Waals surface area contributed by atoms with Crippen molar-refractivity contribution >= 4 is 53.3 Å². The van der Waals surface area contributed by atoms with Crippen LogP contribution in [0, 0.1) is 0 Å². The molecule has 0 aliphatic rings. The maximum atomic E-state index is 5.24. The molecule has 4 heterocycles. The minimum Gasteiger partial charge on any atom is -0.254 e. The molecule has 0 bridgehead atoms. The van der Waals surface area contributed by atoms with Crippen LogP contribution in [0.2, 0.25) is 0 Å². The minimum absolute atomic E-state index is 0.682. The van der Waals surface area contributed by atoms with Gasteiger partial charge in [0.2, 0.25) is 0 Å². The van der Waals surface area contributed by atoms with Gasteiger partial charge in [-0.15, -0.1) is 11.3 Å². The van der Waals surface area contributed by atoms with E-state index in [0.717, 1.165) is 77.8 Å². The lowest BCUT2D eigenvalue weighted by Gasteiger charge is -2.13. The second kappa shape index (κ2) is 13.7. The lowest BCUT2D eigenvalue weighted by Crippen LogP contribution is -1.96. The molecule has 0 aliphatic carbocycles. The van der Waals surface area contributed by atoms with Gasteiger partial charge in [-0.1, -0.05) is 140 Å². The van der Waals surface area contributed by atoms with Gasteiger partial charge in [0.15, 0.2) is 5.82 Å². The van der Waals surface area contributed by atoms with E-state index in [-0.39, 0.29) is 0 Å². The standard InChI is InChI=1S/C52H32N4S/c1-3-10-33(11-4-1)40-28-41(39-23-25-44-43-15-7-8-16-48(43)57-49(44)31-39)30-42(29-40)47-32-46(55-52(56-47)38-12-5-2-6-13-38)35-19-17-34(18-20-35)45-26-24-37-22-21-36-14-9-27-53-50(36)51(37)54-45/h1-32H. The molecule has 0 radical (unpaired) electrons. The first-order valence-corrected chi connectivity index (χ1v) is 19.8. The van der Waals surface area contributed by atoms with Crippen LogP contribution in [0.5, 0.6) is 0 Å². The van der Waals surface area contributed by atoms with Gasteiger partial charge >= 0.3 is 0 Å². The summed E-state index contributed by atoms with van der Waals surface area (Å²) >= 11 is 1.84. The largest absolute Gasteiger partial charge is 0.254 e. The molecule has 0 saturated carbocycles. The third kappa shape index (κ3) is 6.11. The maximum absolute atomic E-state index is 5.24. The number of thiophene rings is 1. The Bertz CT molecular complexity index is 3280. The molecule has 5 heteroatoms. The molecule has 0 amide bonds. The number of nitrogens with zero attached hydrogens (tertiary/aromatic N) is 4. The fraction of sp³-hybridized carbons (Fsp3) is 0. The van der Waals surface area contributed by atoms with E-state index in [0.29, 0.717) is 5.82 Å². The van der Waals surface area contributed by atoms with Gasteiger partial charge in [0, 0.05) is 59.4 Å². The van der Waals surface area contributed by atoms with E-state index in [9.17, 15) is 0 Å². The fourth-order valence-electron chi connectivity index (χ4n) is 7.80. The highest BCUT2D eigenvalue weighted by Crippen LogP contribution is 2.39. The number of pyridine rings is 2. The average Bonchev–Trinajstić information content (AvgIpc) is 3.67. The highest BCUT2D eigenvalue weighted by atomic mass is 32.1. The van der Waals surface area contributed by atoms with Gasteiger partial charge in [-0.3, -0.25) is 4.98 Å². The van der Waals surface area contributed by atoms with Gasteiger partial charge in [0.05, 0.1) is 28.1 Å². The molecule has 0 unspecified atom stereocenters. The molecule has 4 nitrogen and oxygen atoms in total. The Kier molecular flexibility index (Phi) is 7.97. The molecule has 4 aromatic heterocycles. The molecule has 11 aromatic rings. The quantitative estimate of drug-likeness (QED) is 0.159. The lowest BCUT2D eigenvalue weighted by molar-refractivity contribution is 1.18. The van der Waals surface area contributed by atoms with E-state index >= 15 is 0 Å². The number of rotatable bonds is 6. The van der Waals surface area contributed by atoms with Gasteiger partial charge in [-0.05, 0) is 70.8 Å². The number of benzene rings is 7. The summed E-state index contributed by atoms with van der Waals surface area (Å²) in [5, 5.41) is 4.75. The highest BCUT2D eigenvalue weighted by molar-refractivity contribution is 7.25. The fourth-order valence-corrected chi connectivity index (χ4v) is 8.95. The first-order chi connectivity index (χ1) is 28.2. The van der Waals surface area contributed by atoms with Crippen molar-refractivity contribution in [1.82, 2.24) is 19.9 Å². The predicted molar refractivity (Wildman–Crippen MR) is 238 cm³/mol. The van der Waals surface area contributed by atoms with Crippen LogP contribution in [0.1, 0.15) is 0 Å². The van der Waals surface area contributed by atoms with Crippen LogP contribution in [-0.2, 0) is 0 Å². The summed E-state index contributed by atoms with van der Waals surface area (Å²) in [6.45, 7) is 0. The summed E-state index contributed by atoms with van der Waals surface area (Å²) in [6.07, 6.45) is 1.83. The average molecular weight is 745 g/mol. The van der Waals surface area contributed by atoms with E-state index in [2.05, 4.69) is 169 Å². The summed E-state index contributed by atoms with van der Waals surface area (Å²) in [5.74, 6) is 0.682. The Morgan fingerprint density at radius 1 is 0.316 bits per heavy atom. The van der Waals surface area contributed by atoms with Crippen molar-refractivity contribution in [2.75, 3.05) is 0 Å². The smallest absolute Gasteiger partial charge is 0.160 e. The van der Waals surface area contributed by atoms with Crippen molar-refractivity contribution in [2.24, 2.45) is 0 Å². The van der Waals surface area contributed by atoms with Crippen LogP contribution in [0.3, 0.4) is 0 Å². The molecule has 7 aromatic carbocycles. The Morgan fingerprint density at radius 2 is 0.912 bits per heavy atom. The molecule has 0 saturated heterocycles. The van der Waals surface area contributed by atoms with Crippen LogP contribution in [0.25, 0.3) is 109 Å². The molecule has 0 N–H and O–H groups in total. The van der Waals surface area contributed by atoms with Gasteiger partial charge in [0.1, 0.15) is 0 Å². The summed E-state index contributed by atoms with van der Waals surface area (Å²) in [4.78, 5) is 20.1. The topological polar surface area (TPSA) is 51.6 Å². The second-order valence-electron chi connectivity index (χ2n) is 14.3.